The number of aliphatic imine (C=N–C) groups is 1. The minimum absolute atomic E-state index is 0. The fraction of sp³-hybridized carbons (Fsp3) is 0.435. The average Bonchev–Trinajstić information content (AvgIpc) is 3.36. The molecule has 172 valence electrons. The molecule has 1 N–H and O–H groups in total. The fourth-order valence-corrected chi connectivity index (χ4v) is 4.05. The standard InChI is InChI=1S/C23H29N5O3.HI/c1-2-24-23(27-13-11-26(12-14-27)22(30)20-8-5-15-31-20)25-16-21(29)28-10-9-18-6-3-4-7-19(18)17-28;/h3-8,15H,2,9-14,16-17H2,1H3,(H,24,25);1H. The second-order valence-electron chi connectivity index (χ2n) is 7.76. The molecule has 0 spiro atoms. The molecule has 1 aromatic heterocycles. The summed E-state index contributed by atoms with van der Waals surface area (Å²) in [6.45, 7) is 6.71. The second kappa shape index (κ2) is 11.3. The van der Waals surface area contributed by atoms with E-state index in [1.54, 1.807) is 17.0 Å². The van der Waals surface area contributed by atoms with Gasteiger partial charge in [0.2, 0.25) is 5.91 Å². The lowest BCUT2D eigenvalue weighted by Crippen LogP contribution is -2.54. The van der Waals surface area contributed by atoms with Gasteiger partial charge in [0, 0.05) is 45.8 Å². The zero-order valence-electron chi connectivity index (χ0n) is 18.3. The van der Waals surface area contributed by atoms with Crippen molar-refractivity contribution in [2.24, 2.45) is 4.99 Å². The minimum Gasteiger partial charge on any atom is -0.459 e. The van der Waals surface area contributed by atoms with Crippen molar-refractivity contribution < 1.29 is 14.0 Å². The molecule has 1 aromatic carbocycles. The number of fused-ring (bicyclic) bond motifs is 1. The van der Waals surface area contributed by atoms with Crippen molar-refractivity contribution in [2.75, 3.05) is 45.8 Å². The Hall–Kier alpha value is -2.56. The summed E-state index contributed by atoms with van der Waals surface area (Å²) in [6.07, 6.45) is 2.40. The van der Waals surface area contributed by atoms with E-state index in [1.807, 2.05) is 24.0 Å². The second-order valence-corrected chi connectivity index (χ2v) is 7.76. The van der Waals surface area contributed by atoms with E-state index in [-0.39, 0.29) is 42.3 Å². The van der Waals surface area contributed by atoms with Gasteiger partial charge in [0.15, 0.2) is 11.7 Å². The molecule has 2 aliphatic rings. The van der Waals surface area contributed by atoms with Crippen LogP contribution in [0.1, 0.15) is 28.6 Å². The van der Waals surface area contributed by atoms with Gasteiger partial charge in [-0.05, 0) is 36.6 Å². The molecule has 2 aromatic rings. The minimum atomic E-state index is -0.0906. The van der Waals surface area contributed by atoms with Crippen LogP contribution in [0.25, 0.3) is 0 Å². The summed E-state index contributed by atoms with van der Waals surface area (Å²) >= 11 is 0. The van der Waals surface area contributed by atoms with Crippen molar-refractivity contribution in [3.05, 3.63) is 59.5 Å². The number of carbonyl (C=O) groups excluding carboxylic acids is 2. The van der Waals surface area contributed by atoms with E-state index in [0.29, 0.717) is 38.5 Å². The van der Waals surface area contributed by atoms with Crippen LogP contribution in [-0.4, -0.2) is 78.3 Å². The Bertz CT molecular complexity index is 939. The van der Waals surface area contributed by atoms with Crippen molar-refractivity contribution in [3.8, 4) is 0 Å². The van der Waals surface area contributed by atoms with Gasteiger partial charge < -0.3 is 24.4 Å². The number of nitrogens with zero attached hydrogens (tertiary/aromatic N) is 4. The van der Waals surface area contributed by atoms with E-state index in [2.05, 4.69) is 27.3 Å². The molecule has 2 aliphatic heterocycles. The van der Waals surface area contributed by atoms with Gasteiger partial charge in [-0.3, -0.25) is 9.59 Å². The van der Waals surface area contributed by atoms with Crippen LogP contribution in [0.4, 0.5) is 0 Å². The highest BCUT2D eigenvalue weighted by molar-refractivity contribution is 14.0. The number of furan rings is 1. The third-order valence-electron chi connectivity index (χ3n) is 5.78. The third-order valence-corrected chi connectivity index (χ3v) is 5.78. The molecule has 0 radical (unpaired) electrons. The Morgan fingerprint density at radius 2 is 1.69 bits per heavy atom. The SMILES string of the molecule is CCNC(=NCC(=O)N1CCc2ccccc2C1)N1CCN(C(=O)c2ccco2)CC1.I. The average molecular weight is 551 g/mol. The monoisotopic (exact) mass is 551 g/mol. The molecule has 8 nitrogen and oxygen atoms in total. The molecule has 32 heavy (non-hydrogen) atoms. The number of piperazine rings is 1. The predicted molar refractivity (Wildman–Crippen MR) is 133 cm³/mol. The van der Waals surface area contributed by atoms with Crippen LogP contribution in [0.3, 0.4) is 0 Å². The number of amides is 2. The normalized spacial score (nSPS) is 16.3. The van der Waals surface area contributed by atoms with Gasteiger partial charge in [0.1, 0.15) is 6.54 Å². The maximum Gasteiger partial charge on any atom is 0.289 e. The number of nitrogens with one attached hydrogen (secondary N) is 1. The van der Waals surface area contributed by atoms with Crippen LogP contribution in [0, 0.1) is 0 Å². The molecule has 0 saturated carbocycles. The maximum absolute atomic E-state index is 12.8. The molecule has 0 aliphatic carbocycles. The topological polar surface area (TPSA) is 81.4 Å². The zero-order chi connectivity index (χ0) is 21.6. The first-order valence-corrected chi connectivity index (χ1v) is 10.9. The lowest BCUT2D eigenvalue weighted by molar-refractivity contribution is -0.130. The van der Waals surface area contributed by atoms with Gasteiger partial charge in [-0.15, -0.1) is 24.0 Å². The molecule has 9 heteroatoms. The van der Waals surface area contributed by atoms with Crippen molar-refractivity contribution in [2.45, 2.75) is 19.9 Å². The van der Waals surface area contributed by atoms with Crippen LogP contribution in [-0.2, 0) is 17.8 Å². The summed E-state index contributed by atoms with van der Waals surface area (Å²) in [4.78, 5) is 35.6. The smallest absolute Gasteiger partial charge is 0.289 e. The number of hydrogen-bond donors (Lipinski definition) is 1. The third kappa shape index (κ3) is 5.62. The summed E-state index contributed by atoms with van der Waals surface area (Å²) < 4.78 is 5.22. The van der Waals surface area contributed by atoms with Crippen LogP contribution >= 0.6 is 24.0 Å². The van der Waals surface area contributed by atoms with Crippen molar-refractivity contribution in [1.29, 1.82) is 0 Å². The molecule has 3 heterocycles. The highest BCUT2D eigenvalue weighted by Crippen LogP contribution is 2.18. The Morgan fingerprint density at radius 1 is 0.969 bits per heavy atom. The number of hydrogen-bond acceptors (Lipinski definition) is 4. The molecular weight excluding hydrogens is 521 g/mol. The summed E-state index contributed by atoms with van der Waals surface area (Å²) in [7, 11) is 0. The Kier molecular flexibility index (Phi) is 8.54. The van der Waals surface area contributed by atoms with Gasteiger partial charge in [-0.2, -0.15) is 0 Å². The van der Waals surface area contributed by atoms with E-state index >= 15 is 0 Å². The highest BCUT2D eigenvalue weighted by atomic mass is 127. The summed E-state index contributed by atoms with van der Waals surface area (Å²) in [5.74, 6) is 1.03. The summed E-state index contributed by atoms with van der Waals surface area (Å²) in [5.41, 5.74) is 2.54. The molecule has 1 saturated heterocycles. The highest BCUT2D eigenvalue weighted by Gasteiger charge is 2.26. The molecule has 2 amide bonds. The molecular formula is C23H30IN5O3. The number of benzene rings is 1. The predicted octanol–water partition coefficient (Wildman–Crippen LogP) is 2.21. The van der Waals surface area contributed by atoms with Crippen LogP contribution in [0.15, 0.2) is 52.1 Å². The van der Waals surface area contributed by atoms with Gasteiger partial charge in [0.05, 0.1) is 6.26 Å². The molecule has 1 fully saturated rings. The van der Waals surface area contributed by atoms with Crippen LogP contribution in [0.2, 0.25) is 0 Å². The van der Waals surface area contributed by atoms with Crippen LogP contribution < -0.4 is 5.32 Å². The van der Waals surface area contributed by atoms with Gasteiger partial charge in [-0.1, -0.05) is 24.3 Å². The number of carbonyl (C=O) groups is 2. The molecule has 0 atom stereocenters. The number of halogens is 1. The summed E-state index contributed by atoms with van der Waals surface area (Å²) in [6, 6.07) is 11.7. The van der Waals surface area contributed by atoms with Gasteiger partial charge >= 0.3 is 0 Å². The maximum atomic E-state index is 12.8. The largest absolute Gasteiger partial charge is 0.459 e. The van der Waals surface area contributed by atoms with E-state index in [1.165, 1.54) is 17.4 Å². The molecule has 4 rings (SSSR count). The van der Waals surface area contributed by atoms with E-state index < -0.39 is 0 Å². The molecule has 0 bridgehead atoms. The van der Waals surface area contributed by atoms with Crippen molar-refractivity contribution >= 4 is 41.8 Å². The van der Waals surface area contributed by atoms with Crippen molar-refractivity contribution in [1.82, 2.24) is 20.0 Å². The lowest BCUT2D eigenvalue weighted by Gasteiger charge is -2.36. The number of guanidine groups is 1. The Morgan fingerprint density at radius 3 is 2.38 bits per heavy atom. The van der Waals surface area contributed by atoms with Crippen molar-refractivity contribution in [3.63, 3.8) is 0 Å². The first-order chi connectivity index (χ1) is 15.2. The zero-order valence-corrected chi connectivity index (χ0v) is 20.7. The van der Waals surface area contributed by atoms with E-state index in [4.69, 9.17) is 4.42 Å². The first kappa shape index (κ1) is 24.1. The van der Waals surface area contributed by atoms with Gasteiger partial charge in [-0.25, -0.2) is 4.99 Å². The fourth-order valence-electron chi connectivity index (χ4n) is 4.05. The Balaban J connectivity index is 0.00000289. The quantitative estimate of drug-likeness (QED) is 0.358. The lowest BCUT2D eigenvalue weighted by atomic mass is 10.00. The molecule has 0 unspecified atom stereocenters. The number of rotatable bonds is 4. The van der Waals surface area contributed by atoms with E-state index in [9.17, 15) is 9.59 Å². The first-order valence-electron chi connectivity index (χ1n) is 10.9. The van der Waals surface area contributed by atoms with Crippen LogP contribution in [0.5, 0.6) is 0 Å². The van der Waals surface area contributed by atoms with E-state index in [0.717, 1.165) is 25.5 Å². The summed E-state index contributed by atoms with van der Waals surface area (Å²) in [5, 5.41) is 3.28. The Labute approximate surface area is 205 Å². The van der Waals surface area contributed by atoms with Gasteiger partial charge in [0.25, 0.3) is 5.91 Å².